The predicted octanol–water partition coefficient (Wildman–Crippen LogP) is 3.03. The number of alkyl halides is 1. The smallest absolute Gasteiger partial charge is 0.351 e. The summed E-state index contributed by atoms with van der Waals surface area (Å²) in [4.78, 5) is 15.9. The molecule has 0 saturated carbocycles. The lowest BCUT2D eigenvalue weighted by Gasteiger charge is -2.33. The number of hydrogen-bond acceptors (Lipinski definition) is 5. The van der Waals surface area contributed by atoms with Crippen LogP contribution in [0.5, 0.6) is 0 Å². The zero-order chi connectivity index (χ0) is 23.3. The zero-order valence-electron chi connectivity index (χ0n) is 18.8. The van der Waals surface area contributed by atoms with E-state index in [2.05, 4.69) is 36.2 Å². The maximum atomic E-state index is 14.9. The van der Waals surface area contributed by atoms with Gasteiger partial charge in [-0.25, -0.2) is 9.18 Å². The number of benzene rings is 2. The van der Waals surface area contributed by atoms with Crippen molar-refractivity contribution in [2.75, 3.05) is 12.3 Å². The summed E-state index contributed by atoms with van der Waals surface area (Å²) in [5.41, 5.74) is 4.94. The highest BCUT2D eigenvalue weighted by Gasteiger charge is 2.42. The first kappa shape index (κ1) is 23.3. The number of nitrogens with zero attached hydrogens (tertiary/aromatic N) is 2. The van der Waals surface area contributed by atoms with Gasteiger partial charge in [-0.05, 0) is 22.5 Å². The molecule has 0 unspecified atom stereocenters. The van der Waals surface area contributed by atoms with Gasteiger partial charge in [-0.15, -0.1) is 0 Å². The van der Waals surface area contributed by atoms with Crippen molar-refractivity contribution >= 4 is 24.5 Å². The van der Waals surface area contributed by atoms with E-state index < -0.39 is 32.5 Å². The maximum Gasteiger partial charge on any atom is 0.351 e. The van der Waals surface area contributed by atoms with E-state index >= 15 is 0 Å². The minimum atomic E-state index is -2.58. The fourth-order valence-corrected chi connectivity index (χ4v) is 8.61. The van der Waals surface area contributed by atoms with Crippen molar-refractivity contribution in [1.82, 2.24) is 9.55 Å². The molecule has 2 N–H and O–H groups in total. The highest BCUT2D eigenvalue weighted by atomic mass is 28.4. The molecule has 0 aliphatic carbocycles. The Hall–Kier alpha value is -2.81. The third-order valence-corrected chi connectivity index (χ3v) is 10.4. The number of unbranched alkanes of at least 4 members (excludes halogenated alkanes) is 1. The van der Waals surface area contributed by atoms with E-state index in [1.54, 1.807) is 0 Å². The molecular formula is C25H30FN3O3Si. The van der Waals surface area contributed by atoms with E-state index in [0.29, 0.717) is 0 Å². The molecule has 0 bridgehead atoms. The number of hydrogen-bond donors (Lipinski definition) is 1. The molecule has 0 spiro atoms. The number of nitrogen functional groups attached to an aromatic ring is 1. The largest absolute Gasteiger partial charge is 0.405 e. The van der Waals surface area contributed by atoms with Crippen molar-refractivity contribution in [3.05, 3.63) is 83.4 Å². The van der Waals surface area contributed by atoms with Crippen LogP contribution in [0.15, 0.2) is 77.7 Å². The normalized spacial score (nSPS) is 20.7. The monoisotopic (exact) mass is 467 g/mol. The molecule has 1 saturated heterocycles. The summed E-state index contributed by atoms with van der Waals surface area (Å²) in [5.74, 6) is 0.0990. The van der Waals surface area contributed by atoms with Gasteiger partial charge in [-0.3, -0.25) is 4.57 Å². The average Bonchev–Trinajstić information content (AvgIpc) is 3.21. The molecule has 6 nitrogen and oxygen atoms in total. The van der Waals surface area contributed by atoms with Gasteiger partial charge in [-0.2, -0.15) is 4.98 Å². The van der Waals surface area contributed by atoms with Gasteiger partial charge in [-0.1, -0.05) is 80.4 Å². The third-order valence-electron chi connectivity index (χ3n) is 6.13. The van der Waals surface area contributed by atoms with Gasteiger partial charge in [0.25, 0.3) is 8.32 Å². The first-order chi connectivity index (χ1) is 16.0. The molecule has 1 aliphatic rings. The fraction of sp³-hybridized carbons (Fsp3) is 0.360. The molecule has 3 aromatic rings. The summed E-state index contributed by atoms with van der Waals surface area (Å²) in [7, 11) is -2.58. The molecule has 0 radical (unpaired) electrons. The Bertz CT molecular complexity index is 1060. The molecule has 174 valence electrons. The second kappa shape index (κ2) is 10.4. The second-order valence-corrected chi connectivity index (χ2v) is 12.0. The first-order valence-corrected chi connectivity index (χ1v) is 13.5. The lowest BCUT2D eigenvalue weighted by atomic mass is 10.2. The molecule has 3 atom stereocenters. The van der Waals surface area contributed by atoms with Gasteiger partial charge >= 0.3 is 5.69 Å². The molecule has 8 heteroatoms. The Kier molecular flexibility index (Phi) is 7.37. The van der Waals surface area contributed by atoms with E-state index in [4.69, 9.17) is 14.9 Å². The van der Waals surface area contributed by atoms with E-state index in [0.717, 1.165) is 23.5 Å². The van der Waals surface area contributed by atoms with Crippen molar-refractivity contribution in [1.29, 1.82) is 0 Å². The van der Waals surface area contributed by atoms with Crippen LogP contribution < -0.4 is 21.8 Å². The van der Waals surface area contributed by atoms with Crippen molar-refractivity contribution in [2.45, 2.75) is 50.7 Å². The molecule has 1 aromatic heterocycles. The lowest BCUT2D eigenvalue weighted by molar-refractivity contribution is -0.0364. The van der Waals surface area contributed by atoms with Crippen LogP contribution >= 0.6 is 0 Å². The summed E-state index contributed by atoms with van der Waals surface area (Å²) in [6, 6.07) is 23.1. The summed E-state index contributed by atoms with van der Waals surface area (Å²) in [6.07, 6.45) is 0.849. The molecule has 33 heavy (non-hydrogen) atoms. The van der Waals surface area contributed by atoms with Gasteiger partial charge < -0.3 is 14.9 Å². The Labute approximate surface area is 194 Å². The van der Waals surface area contributed by atoms with E-state index in [1.165, 1.54) is 22.6 Å². The molecule has 1 fully saturated rings. The van der Waals surface area contributed by atoms with Gasteiger partial charge in [0.15, 0.2) is 6.23 Å². The van der Waals surface area contributed by atoms with Gasteiger partial charge in [0, 0.05) is 12.6 Å². The van der Waals surface area contributed by atoms with Crippen LogP contribution in [0.25, 0.3) is 0 Å². The maximum absolute atomic E-state index is 14.9. The van der Waals surface area contributed by atoms with Crippen LogP contribution in [0.3, 0.4) is 0 Å². The molecule has 4 rings (SSSR count). The first-order valence-electron chi connectivity index (χ1n) is 11.4. The highest BCUT2D eigenvalue weighted by molar-refractivity contribution is 6.97. The standard InChI is InChI=1S/C25H30FN3O3Si/c1-2-3-16-33(20-10-6-4-7-11-20,21-12-8-5-9-13-21)31-18-19-17-22(26)24(32-19)29-15-14-23(27)28-25(29)30/h4-15,19,22,24H,2-3,16-18H2,1H3,(H2,27,28,30)/t19-,22+,24+/m0/s1. The molecule has 2 aromatic carbocycles. The zero-order valence-corrected chi connectivity index (χ0v) is 19.8. The van der Waals surface area contributed by atoms with Crippen LogP contribution in [0, 0.1) is 0 Å². The molecule has 1 aliphatic heterocycles. The van der Waals surface area contributed by atoms with Crippen LogP contribution in [-0.2, 0) is 9.16 Å². The van der Waals surface area contributed by atoms with Crippen LogP contribution in [0.2, 0.25) is 6.04 Å². The van der Waals surface area contributed by atoms with Crippen molar-refractivity contribution in [3.8, 4) is 0 Å². The van der Waals surface area contributed by atoms with Crippen molar-refractivity contribution < 1.29 is 13.6 Å². The Balaban J connectivity index is 1.59. The number of aromatic nitrogens is 2. The lowest BCUT2D eigenvalue weighted by Crippen LogP contribution is -2.61. The van der Waals surface area contributed by atoms with Gasteiger partial charge in [0.1, 0.15) is 12.0 Å². The number of nitrogens with two attached hydrogens (primary N) is 1. The Morgan fingerprint density at radius 1 is 1.12 bits per heavy atom. The van der Waals surface area contributed by atoms with Crippen molar-refractivity contribution in [2.24, 2.45) is 0 Å². The summed E-state index contributed by atoms with van der Waals surface area (Å²) < 4.78 is 28.8. The van der Waals surface area contributed by atoms with E-state index in [9.17, 15) is 9.18 Å². The minimum absolute atomic E-state index is 0.0990. The van der Waals surface area contributed by atoms with Crippen LogP contribution in [-0.4, -0.2) is 36.8 Å². The van der Waals surface area contributed by atoms with Crippen LogP contribution in [0.4, 0.5) is 10.2 Å². The Morgan fingerprint density at radius 3 is 2.33 bits per heavy atom. The fourth-order valence-electron chi connectivity index (χ4n) is 4.44. The topological polar surface area (TPSA) is 79.4 Å². The number of rotatable bonds is 9. The average molecular weight is 468 g/mol. The predicted molar refractivity (Wildman–Crippen MR) is 130 cm³/mol. The quantitative estimate of drug-likeness (QED) is 0.490. The highest BCUT2D eigenvalue weighted by Crippen LogP contribution is 2.31. The van der Waals surface area contributed by atoms with Crippen LogP contribution in [0.1, 0.15) is 32.4 Å². The third kappa shape index (κ3) is 5.08. The number of halogens is 1. The molecule has 2 heterocycles. The second-order valence-electron chi connectivity index (χ2n) is 8.42. The summed E-state index contributed by atoms with van der Waals surface area (Å²) >= 11 is 0. The number of anilines is 1. The SMILES string of the molecule is CCCC[Si](OC[C@@H]1C[C@@H](F)[C@H](n2ccc(N)nc2=O)O1)(c1ccccc1)c1ccccc1. The van der Waals surface area contributed by atoms with E-state index in [-0.39, 0.29) is 18.8 Å². The number of ether oxygens (including phenoxy) is 1. The van der Waals surface area contributed by atoms with Crippen molar-refractivity contribution in [3.63, 3.8) is 0 Å². The molecular weight excluding hydrogens is 437 g/mol. The molecule has 0 amide bonds. The summed E-state index contributed by atoms with van der Waals surface area (Å²) in [6.45, 7) is 2.43. The Morgan fingerprint density at radius 2 is 1.76 bits per heavy atom. The van der Waals surface area contributed by atoms with Gasteiger partial charge in [0.05, 0.1) is 12.7 Å². The van der Waals surface area contributed by atoms with Gasteiger partial charge in [0.2, 0.25) is 0 Å². The van der Waals surface area contributed by atoms with E-state index in [1.807, 2.05) is 36.4 Å². The minimum Gasteiger partial charge on any atom is -0.405 e. The summed E-state index contributed by atoms with van der Waals surface area (Å²) in [5, 5.41) is 2.38.